The first kappa shape index (κ1) is 9.49. The average molecular weight is 206 g/mol. The van der Waals surface area contributed by atoms with E-state index in [-0.39, 0.29) is 0 Å². The van der Waals surface area contributed by atoms with Crippen LogP contribution in [0.25, 0.3) is 0 Å². The summed E-state index contributed by atoms with van der Waals surface area (Å²) in [5.74, 6) is 0. The highest BCUT2D eigenvalue weighted by Crippen LogP contribution is 2.14. The molecule has 0 atom stereocenters. The minimum absolute atomic E-state index is 0.907. The molecule has 0 aliphatic carbocycles. The maximum Gasteiger partial charge on any atom is 0.0360 e. The molecule has 0 saturated carbocycles. The fourth-order valence-electron chi connectivity index (χ4n) is 1.38. The highest BCUT2D eigenvalue weighted by atomic mass is 32.1. The zero-order valence-electron chi connectivity index (χ0n) is 8.21. The van der Waals surface area contributed by atoms with Crippen molar-refractivity contribution in [2.45, 2.75) is 20.0 Å². The predicted molar refractivity (Wildman–Crippen MR) is 60.4 cm³/mol. The highest BCUT2D eigenvalue weighted by Gasteiger charge is 1.96. The molecule has 0 fully saturated rings. The minimum atomic E-state index is 0.907. The lowest BCUT2D eigenvalue weighted by Crippen LogP contribution is -2.11. The lowest BCUT2D eigenvalue weighted by molar-refractivity contribution is 0.689. The van der Waals surface area contributed by atoms with Gasteiger partial charge in [0, 0.05) is 34.7 Å². The molecule has 3 heteroatoms. The van der Waals surface area contributed by atoms with E-state index in [1.807, 2.05) is 23.6 Å². The quantitative estimate of drug-likeness (QED) is 0.791. The van der Waals surface area contributed by atoms with Crippen molar-refractivity contribution in [3.63, 3.8) is 0 Å². The molecule has 0 unspecified atom stereocenters. The normalized spacial score (nSPS) is 10.6. The van der Waals surface area contributed by atoms with E-state index in [1.54, 1.807) is 0 Å². The van der Waals surface area contributed by atoms with Gasteiger partial charge >= 0.3 is 0 Å². The number of aromatic amines is 1. The van der Waals surface area contributed by atoms with E-state index in [2.05, 4.69) is 35.4 Å². The lowest BCUT2D eigenvalue weighted by Gasteiger charge is -2.00. The SMILES string of the molecule is Cc1ccc(CNCc2ccc[nH]2)s1. The Labute approximate surface area is 88.0 Å². The molecular weight excluding hydrogens is 192 g/mol. The number of hydrogen-bond acceptors (Lipinski definition) is 2. The van der Waals surface area contributed by atoms with Gasteiger partial charge in [0.1, 0.15) is 0 Å². The van der Waals surface area contributed by atoms with Crippen molar-refractivity contribution in [2.24, 2.45) is 0 Å². The molecule has 2 heterocycles. The zero-order chi connectivity index (χ0) is 9.80. The molecule has 2 N–H and O–H groups in total. The number of rotatable bonds is 4. The summed E-state index contributed by atoms with van der Waals surface area (Å²) < 4.78 is 0. The Morgan fingerprint density at radius 3 is 2.86 bits per heavy atom. The third-order valence-corrected chi connectivity index (χ3v) is 3.07. The Hall–Kier alpha value is -1.06. The molecule has 2 aromatic rings. The maximum atomic E-state index is 3.40. The molecule has 2 aromatic heterocycles. The van der Waals surface area contributed by atoms with Crippen LogP contribution in [0, 0.1) is 6.92 Å². The molecule has 0 amide bonds. The standard InChI is InChI=1S/C11H14N2S/c1-9-4-5-11(14-9)8-12-7-10-3-2-6-13-10/h2-6,12-13H,7-8H2,1H3. The molecule has 0 bridgehead atoms. The average Bonchev–Trinajstić information content (AvgIpc) is 2.77. The van der Waals surface area contributed by atoms with Gasteiger partial charge in [0.2, 0.25) is 0 Å². The van der Waals surface area contributed by atoms with Crippen LogP contribution in [-0.2, 0) is 13.1 Å². The molecule has 0 saturated heterocycles. The first-order valence-corrected chi connectivity index (χ1v) is 5.54. The number of H-pyrrole nitrogens is 1. The van der Waals surface area contributed by atoms with Crippen molar-refractivity contribution in [3.05, 3.63) is 45.9 Å². The van der Waals surface area contributed by atoms with E-state index >= 15 is 0 Å². The maximum absolute atomic E-state index is 3.40. The molecular formula is C11H14N2S. The van der Waals surface area contributed by atoms with Gasteiger partial charge in [-0.2, -0.15) is 0 Å². The molecule has 0 radical (unpaired) electrons. The molecule has 0 aromatic carbocycles. The van der Waals surface area contributed by atoms with Gasteiger partial charge in [0.15, 0.2) is 0 Å². The lowest BCUT2D eigenvalue weighted by atomic mass is 10.4. The summed E-state index contributed by atoms with van der Waals surface area (Å²) in [7, 11) is 0. The summed E-state index contributed by atoms with van der Waals surface area (Å²) in [6, 6.07) is 8.46. The molecule has 0 spiro atoms. The van der Waals surface area contributed by atoms with Crippen LogP contribution in [0.4, 0.5) is 0 Å². The Balaban J connectivity index is 1.78. The second-order valence-electron chi connectivity index (χ2n) is 3.31. The van der Waals surface area contributed by atoms with Crippen molar-refractivity contribution >= 4 is 11.3 Å². The van der Waals surface area contributed by atoms with Crippen molar-refractivity contribution in [1.82, 2.24) is 10.3 Å². The van der Waals surface area contributed by atoms with Crippen LogP contribution in [0.2, 0.25) is 0 Å². The van der Waals surface area contributed by atoms with Gasteiger partial charge in [-0.25, -0.2) is 0 Å². The monoisotopic (exact) mass is 206 g/mol. The topological polar surface area (TPSA) is 27.8 Å². The summed E-state index contributed by atoms with van der Waals surface area (Å²) >= 11 is 1.85. The van der Waals surface area contributed by atoms with Gasteiger partial charge < -0.3 is 10.3 Å². The Morgan fingerprint density at radius 2 is 2.21 bits per heavy atom. The summed E-state index contributed by atoms with van der Waals surface area (Å²) in [6.07, 6.45) is 1.95. The van der Waals surface area contributed by atoms with Gasteiger partial charge in [-0.3, -0.25) is 0 Å². The second-order valence-corrected chi connectivity index (χ2v) is 4.68. The van der Waals surface area contributed by atoms with E-state index in [0.717, 1.165) is 13.1 Å². The van der Waals surface area contributed by atoms with E-state index < -0.39 is 0 Å². The Bertz CT molecular complexity index is 376. The van der Waals surface area contributed by atoms with E-state index in [1.165, 1.54) is 15.4 Å². The number of hydrogen-bond donors (Lipinski definition) is 2. The largest absolute Gasteiger partial charge is 0.364 e. The van der Waals surface area contributed by atoms with Gasteiger partial charge in [-0.15, -0.1) is 11.3 Å². The van der Waals surface area contributed by atoms with E-state index in [0.29, 0.717) is 0 Å². The van der Waals surface area contributed by atoms with Gasteiger partial charge in [-0.05, 0) is 31.2 Å². The predicted octanol–water partition coefficient (Wildman–Crippen LogP) is 2.67. The summed E-state index contributed by atoms with van der Waals surface area (Å²) in [6.45, 7) is 4.00. The zero-order valence-corrected chi connectivity index (χ0v) is 9.03. The van der Waals surface area contributed by atoms with Crippen LogP contribution in [-0.4, -0.2) is 4.98 Å². The van der Waals surface area contributed by atoms with Crippen molar-refractivity contribution in [1.29, 1.82) is 0 Å². The van der Waals surface area contributed by atoms with Crippen LogP contribution >= 0.6 is 11.3 Å². The first-order chi connectivity index (χ1) is 6.84. The van der Waals surface area contributed by atoms with Crippen LogP contribution in [0.1, 0.15) is 15.4 Å². The first-order valence-electron chi connectivity index (χ1n) is 4.73. The summed E-state index contributed by atoms with van der Waals surface area (Å²) in [4.78, 5) is 5.94. The smallest absolute Gasteiger partial charge is 0.0360 e. The number of nitrogens with one attached hydrogen (secondary N) is 2. The van der Waals surface area contributed by atoms with E-state index in [9.17, 15) is 0 Å². The molecule has 0 aliphatic heterocycles. The summed E-state index contributed by atoms with van der Waals surface area (Å²) in [5.41, 5.74) is 1.23. The Kier molecular flexibility index (Phi) is 3.01. The summed E-state index contributed by atoms with van der Waals surface area (Å²) in [5, 5.41) is 3.40. The van der Waals surface area contributed by atoms with Crippen LogP contribution < -0.4 is 5.32 Å². The number of aromatic nitrogens is 1. The van der Waals surface area contributed by atoms with Gasteiger partial charge in [0.25, 0.3) is 0 Å². The van der Waals surface area contributed by atoms with Crippen molar-refractivity contribution in [2.75, 3.05) is 0 Å². The Morgan fingerprint density at radius 1 is 1.29 bits per heavy atom. The van der Waals surface area contributed by atoms with Crippen LogP contribution in [0.15, 0.2) is 30.5 Å². The molecule has 2 rings (SSSR count). The number of thiophene rings is 1. The van der Waals surface area contributed by atoms with Gasteiger partial charge in [-0.1, -0.05) is 0 Å². The molecule has 0 aliphatic rings. The number of aryl methyl sites for hydroxylation is 1. The third-order valence-electron chi connectivity index (χ3n) is 2.07. The van der Waals surface area contributed by atoms with Crippen molar-refractivity contribution < 1.29 is 0 Å². The molecule has 14 heavy (non-hydrogen) atoms. The van der Waals surface area contributed by atoms with Crippen LogP contribution in [0.3, 0.4) is 0 Å². The highest BCUT2D eigenvalue weighted by molar-refractivity contribution is 7.11. The second kappa shape index (κ2) is 4.44. The molecule has 74 valence electrons. The van der Waals surface area contributed by atoms with Crippen LogP contribution in [0.5, 0.6) is 0 Å². The van der Waals surface area contributed by atoms with E-state index in [4.69, 9.17) is 0 Å². The third kappa shape index (κ3) is 2.47. The fraction of sp³-hybridized carbons (Fsp3) is 0.273. The fourth-order valence-corrected chi connectivity index (χ4v) is 2.24. The van der Waals surface area contributed by atoms with Gasteiger partial charge in [0.05, 0.1) is 0 Å². The molecule has 2 nitrogen and oxygen atoms in total. The minimum Gasteiger partial charge on any atom is -0.364 e. The van der Waals surface area contributed by atoms with Crippen molar-refractivity contribution in [3.8, 4) is 0 Å².